The molecule has 1 saturated heterocycles. The van der Waals surface area contributed by atoms with Crippen LogP contribution in [0.3, 0.4) is 0 Å². The van der Waals surface area contributed by atoms with E-state index >= 15 is 0 Å². The smallest absolute Gasteiger partial charge is 0.330 e. The van der Waals surface area contributed by atoms with Crippen molar-refractivity contribution in [3.05, 3.63) is 33.1 Å². The summed E-state index contributed by atoms with van der Waals surface area (Å²) in [5, 5.41) is 17.7. The molecule has 0 aromatic carbocycles. The van der Waals surface area contributed by atoms with Gasteiger partial charge < -0.3 is 14.9 Å². The van der Waals surface area contributed by atoms with Crippen molar-refractivity contribution in [2.24, 2.45) is 0 Å². The molecular formula is C9H11ClN2O5. The van der Waals surface area contributed by atoms with E-state index in [0.29, 0.717) is 0 Å². The van der Waals surface area contributed by atoms with Crippen LogP contribution in [0.2, 0.25) is 0 Å². The number of aliphatic hydroxyl groups excluding tert-OH is 2. The van der Waals surface area contributed by atoms with Crippen LogP contribution in [-0.2, 0) is 4.74 Å². The Morgan fingerprint density at radius 3 is 2.76 bits per heavy atom. The van der Waals surface area contributed by atoms with Crippen molar-refractivity contribution in [3.63, 3.8) is 0 Å². The van der Waals surface area contributed by atoms with Gasteiger partial charge in [0, 0.05) is 12.3 Å². The summed E-state index contributed by atoms with van der Waals surface area (Å²) in [6, 6.07) is 1.15. The summed E-state index contributed by atoms with van der Waals surface area (Å²) in [4.78, 5) is 24.4. The van der Waals surface area contributed by atoms with E-state index in [9.17, 15) is 14.7 Å². The SMILES string of the molecule is O=c1ccn([C@@H]2O[C@H](CO)[C@H](O)C2Cl)c(=O)[nH]1. The van der Waals surface area contributed by atoms with Crippen molar-refractivity contribution in [1.29, 1.82) is 0 Å². The zero-order chi connectivity index (χ0) is 12.6. The van der Waals surface area contributed by atoms with Crippen LogP contribution >= 0.6 is 11.6 Å². The number of aliphatic hydroxyl groups is 2. The van der Waals surface area contributed by atoms with E-state index in [-0.39, 0.29) is 0 Å². The lowest BCUT2D eigenvalue weighted by atomic mass is 10.2. The molecule has 0 amide bonds. The first kappa shape index (κ1) is 12.3. The molecule has 1 unspecified atom stereocenters. The van der Waals surface area contributed by atoms with E-state index < -0.39 is 41.7 Å². The fourth-order valence-corrected chi connectivity index (χ4v) is 2.05. The fourth-order valence-electron chi connectivity index (χ4n) is 1.71. The van der Waals surface area contributed by atoms with Crippen LogP contribution in [0.5, 0.6) is 0 Å². The van der Waals surface area contributed by atoms with Gasteiger partial charge in [0.2, 0.25) is 0 Å². The Kier molecular flexibility index (Phi) is 3.34. The van der Waals surface area contributed by atoms with Gasteiger partial charge in [-0.2, -0.15) is 0 Å². The molecule has 4 atom stereocenters. The van der Waals surface area contributed by atoms with E-state index in [0.717, 1.165) is 10.6 Å². The summed E-state index contributed by atoms with van der Waals surface area (Å²) in [7, 11) is 0. The first-order chi connectivity index (χ1) is 8.04. The number of hydrogen-bond donors (Lipinski definition) is 3. The van der Waals surface area contributed by atoms with Crippen LogP contribution in [0.4, 0.5) is 0 Å². The Morgan fingerprint density at radius 2 is 2.24 bits per heavy atom. The molecule has 2 heterocycles. The number of aromatic amines is 1. The summed E-state index contributed by atoms with van der Waals surface area (Å²) < 4.78 is 6.32. The number of ether oxygens (including phenoxy) is 1. The summed E-state index contributed by atoms with van der Waals surface area (Å²) in [6.45, 7) is -0.404. The molecule has 0 saturated carbocycles. The fraction of sp³-hybridized carbons (Fsp3) is 0.556. The second kappa shape index (κ2) is 4.61. The molecule has 1 aliphatic rings. The molecule has 0 radical (unpaired) electrons. The molecular weight excluding hydrogens is 252 g/mol. The molecule has 1 aromatic rings. The second-order valence-electron chi connectivity index (χ2n) is 3.70. The third-order valence-corrected chi connectivity index (χ3v) is 3.07. The number of hydrogen-bond acceptors (Lipinski definition) is 5. The number of nitrogens with one attached hydrogen (secondary N) is 1. The number of aromatic nitrogens is 2. The highest BCUT2D eigenvalue weighted by atomic mass is 35.5. The van der Waals surface area contributed by atoms with Crippen molar-refractivity contribution >= 4 is 11.6 Å². The molecule has 0 aliphatic carbocycles. The lowest BCUT2D eigenvalue weighted by Crippen LogP contribution is -2.35. The highest BCUT2D eigenvalue weighted by Gasteiger charge is 2.43. The van der Waals surface area contributed by atoms with Gasteiger partial charge in [0.15, 0.2) is 6.23 Å². The molecule has 0 spiro atoms. The van der Waals surface area contributed by atoms with E-state index in [4.69, 9.17) is 21.4 Å². The molecule has 94 valence electrons. The Labute approximate surface area is 100 Å². The lowest BCUT2D eigenvalue weighted by Gasteiger charge is -2.15. The van der Waals surface area contributed by atoms with Crippen LogP contribution < -0.4 is 11.2 Å². The van der Waals surface area contributed by atoms with Gasteiger partial charge in [0.05, 0.1) is 6.61 Å². The second-order valence-corrected chi connectivity index (χ2v) is 4.20. The minimum atomic E-state index is -1.08. The highest BCUT2D eigenvalue weighted by molar-refractivity contribution is 6.21. The maximum Gasteiger partial charge on any atom is 0.330 e. The lowest BCUT2D eigenvalue weighted by molar-refractivity contribution is -0.0457. The number of nitrogens with zero attached hydrogens (tertiary/aromatic N) is 1. The molecule has 3 N–H and O–H groups in total. The summed E-state index contributed by atoms with van der Waals surface area (Å²) in [6.07, 6.45) is -1.62. The summed E-state index contributed by atoms with van der Waals surface area (Å²) in [5.74, 6) is 0. The minimum Gasteiger partial charge on any atom is -0.394 e. The Morgan fingerprint density at radius 1 is 1.53 bits per heavy atom. The molecule has 0 bridgehead atoms. The molecule has 1 fully saturated rings. The van der Waals surface area contributed by atoms with Crippen molar-refractivity contribution in [1.82, 2.24) is 9.55 Å². The van der Waals surface area contributed by atoms with Crippen molar-refractivity contribution in [2.75, 3.05) is 6.61 Å². The maximum atomic E-state index is 11.5. The number of rotatable bonds is 2. The van der Waals surface area contributed by atoms with Crippen LogP contribution in [0.25, 0.3) is 0 Å². The maximum absolute atomic E-state index is 11.5. The molecule has 8 heteroatoms. The monoisotopic (exact) mass is 262 g/mol. The van der Waals surface area contributed by atoms with E-state index in [2.05, 4.69) is 4.98 Å². The Hall–Kier alpha value is -1.15. The molecule has 7 nitrogen and oxygen atoms in total. The van der Waals surface area contributed by atoms with E-state index in [1.54, 1.807) is 0 Å². The van der Waals surface area contributed by atoms with Gasteiger partial charge in [-0.1, -0.05) is 0 Å². The zero-order valence-electron chi connectivity index (χ0n) is 8.62. The van der Waals surface area contributed by atoms with Gasteiger partial charge in [-0.05, 0) is 0 Å². The van der Waals surface area contributed by atoms with E-state index in [1.165, 1.54) is 6.20 Å². The predicted octanol–water partition coefficient (Wildman–Crippen LogP) is -1.61. The van der Waals surface area contributed by atoms with Gasteiger partial charge >= 0.3 is 5.69 Å². The first-order valence-corrected chi connectivity index (χ1v) is 5.38. The number of H-pyrrole nitrogens is 1. The zero-order valence-corrected chi connectivity index (χ0v) is 9.37. The van der Waals surface area contributed by atoms with Gasteiger partial charge in [-0.3, -0.25) is 14.3 Å². The first-order valence-electron chi connectivity index (χ1n) is 4.94. The third kappa shape index (κ3) is 2.14. The van der Waals surface area contributed by atoms with Crippen molar-refractivity contribution in [2.45, 2.75) is 23.8 Å². The molecule has 1 aliphatic heterocycles. The molecule has 17 heavy (non-hydrogen) atoms. The minimum absolute atomic E-state index is 0.404. The standard InChI is InChI=1S/C9H11ClN2O5/c10-6-7(15)4(3-13)17-8(6)12-2-1-5(14)11-9(12)16/h1-2,4,6-8,13,15H,3H2,(H,11,14,16)/t4-,6?,7+,8-/m1/s1. The topological polar surface area (TPSA) is 105 Å². The van der Waals surface area contributed by atoms with Crippen LogP contribution in [0.15, 0.2) is 21.9 Å². The average molecular weight is 263 g/mol. The van der Waals surface area contributed by atoms with Crippen LogP contribution in [-0.4, -0.2) is 44.0 Å². The van der Waals surface area contributed by atoms with Crippen molar-refractivity contribution in [3.8, 4) is 0 Å². The summed E-state index contributed by atoms with van der Waals surface area (Å²) in [5.41, 5.74) is -1.21. The number of alkyl halides is 1. The van der Waals surface area contributed by atoms with Crippen molar-refractivity contribution < 1.29 is 14.9 Å². The number of halogens is 1. The van der Waals surface area contributed by atoms with Gasteiger partial charge in [0.1, 0.15) is 17.6 Å². The molecule has 1 aromatic heterocycles. The Bertz CT molecular complexity index is 513. The molecule has 2 rings (SSSR count). The summed E-state index contributed by atoms with van der Waals surface area (Å²) >= 11 is 5.91. The van der Waals surface area contributed by atoms with Gasteiger partial charge in [-0.25, -0.2) is 4.79 Å². The largest absolute Gasteiger partial charge is 0.394 e. The third-order valence-electron chi connectivity index (χ3n) is 2.60. The Balaban J connectivity index is 2.35. The quantitative estimate of drug-likeness (QED) is 0.557. The van der Waals surface area contributed by atoms with Crippen LogP contribution in [0, 0.1) is 0 Å². The average Bonchev–Trinajstić information content (AvgIpc) is 2.57. The van der Waals surface area contributed by atoms with Gasteiger partial charge in [0.25, 0.3) is 5.56 Å². The predicted molar refractivity (Wildman–Crippen MR) is 58.0 cm³/mol. The van der Waals surface area contributed by atoms with E-state index in [1.807, 2.05) is 0 Å². The van der Waals surface area contributed by atoms with Gasteiger partial charge in [-0.15, -0.1) is 11.6 Å². The normalized spacial score (nSPS) is 32.9. The highest BCUT2D eigenvalue weighted by Crippen LogP contribution is 2.31. The van der Waals surface area contributed by atoms with Crippen LogP contribution in [0.1, 0.15) is 6.23 Å².